The lowest BCUT2D eigenvalue weighted by Crippen LogP contribution is -2.24. The van der Waals surface area contributed by atoms with E-state index in [-0.39, 0.29) is 12.4 Å². The molecule has 4 nitrogen and oxygen atoms in total. The second kappa shape index (κ2) is 8.35. The minimum atomic E-state index is -0.443. The fourth-order valence-electron chi connectivity index (χ4n) is 1.90. The average molecular weight is 278 g/mol. The lowest BCUT2D eigenvalue weighted by molar-refractivity contribution is -0.145. The molecule has 0 saturated heterocycles. The van der Waals surface area contributed by atoms with Gasteiger partial charge in [-0.05, 0) is 31.4 Å². The number of esters is 2. The van der Waals surface area contributed by atoms with Gasteiger partial charge < -0.3 is 9.47 Å². The SMILES string of the molecule is CCOC(=O)CC(CC(C)C)OC(=O)c1ccccc1. The molecule has 0 N–H and O–H groups in total. The number of benzene rings is 1. The highest BCUT2D eigenvalue weighted by Crippen LogP contribution is 2.15. The fraction of sp³-hybridized carbons (Fsp3) is 0.500. The van der Waals surface area contributed by atoms with Gasteiger partial charge >= 0.3 is 11.9 Å². The zero-order valence-corrected chi connectivity index (χ0v) is 12.3. The predicted molar refractivity (Wildman–Crippen MR) is 76.4 cm³/mol. The first-order chi connectivity index (χ1) is 9.52. The van der Waals surface area contributed by atoms with Crippen LogP contribution >= 0.6 is 0 Å². The molecule has 4 heteroatoms. The molecule has 20 heavy (non-hydrogen) atoms. The van der Waals surface area contributed by atoms with E-state index in [4.69, 9.17) is 9.47 Å². The first kappa shape index (κ1) is 16.2. The van der Waals surface area contributed by atoms with E-state index < -0.39 is 12.1 Å². The molecule has 0 spiro atoms. The molecule has 0 bridgehead atoms. The Balaban J connectivity index is 2.64. The number of carbonyl (C=O) groups is 2. The topological polar surface area (TPSA) is 52.6 Å². The van der Waals surface area contributed by atoms with Crippen molar-refractivity contribution in [2.75, 3.05) is 6.61 Å². The monoisotopic (exact) mass is 278 g/mol. The number of carbonyl (C=O) groups excluding carboxylic acids is 2. The number of ether oxygens (including phenoxy) is 2. The van der Waals surface area contributed by atoms with Gasteiger partial charge in [-0.3, -0.25) is 4.79 Å². The van der Waals surface area contributed by atoms with Crippen molar-refractivity contribution < 1.29 is 19.1 Å². The second-order valence-electron chi connectivity index (χ2n) is 5.03. The van der Waals surface area contributed by atoms with Gasteiger partial charge in [-0.2, -0.15) is 0 Å². The molecule has 1 rings (SSSR count). The van der Waals surface area contributed by atoms with E-state index in [9.17, 15) is 9.59 Å². The van der Waals surface area contributed by atoms with Crippen molar-refractivity contribution in [3.63, 3.8) is 0 Å². The van der Waals surface area contributed by atoms with Gasteiger partial charge in [-0.25, -0.2) is 4.79 Å². The summed E-state index contributed by atoms with van der Waals surface area (Å²) in [5, 5.41) is 0. The van der Waals surface area contributed by atoms with Crippen LogP contribution in [-0.4, -0.2) is 24.6 Å². The highest BCUT2D eigenvalue weighted by atomic mass is 16.6. The Bertz CT molecular complexity index is 425. The molecule has 0 fully saturated rings. The van der Waals surface area contributed by atoms with Crippen molar-refractivity contribution in [3.05, 3.63) is 35.9 Å². The third kappa shape index (κ3) is 5.87. The van der Waals surface area contributed by atoms with E-state index in [1.807, 2.05) is 19.9 Å². The molecule has 1 aromatic rings. The van der Waals surface area contributed by atoms with Crippen LogP contribution in [0.2, 0.25) is 0 Å². The maximum absolute atomic E-state index is 12.0. The van der Waals surface area contributed by atoms with Gasteiger partial charge in [-0.1, -0.05) is 32.0 Å². The summed E-state index contributed by atoms with van der Waals surface area (Å²) in [6.07, 6.45) is 0.295. The van der Waals surface area contributed by atoms with Gasteiger partial charge in [-0.15, -0.1) is 0 Å². The Morgan fingerprint density at radius 1 is 1.15 bits per heavy atom. The molecule has 0 saturated carbocycles. The maximum Gasteiger partial charge on any atom is 0.338 e. The lowest BCUT2D eigenvalue weighted by Gasteiger charge is -2.19. The van der Waals surface area contributed by atoms with Crippen molar-refractivity contribution in [1.29, 1.82) is 0 Å². The van der Waals surface area contributed by atoms with E-state index in [0.717, 1.165) is 0 Å². The molecule has 1 atom stereocenters. The summed E-state index contributed by atoms with van der Waals surface area (Å²) < 4.78 is 10.3. The second-order valence-corrected chi connectivity index (χ2v) is 5.03. The van der Waals surface area contributed by atoms with E-state index in [2.05, 4.69) is 0 Å². The molecule has 0 radical (unpaired) electrons. The maximum atomic E-state index is 12.0. The highest BCUT2D eigenvalue weighted by molar-refractivity contribution is 5.89. The van der Waals surface area contributed by atoms with Crippen molar-refractivity contribution in [1.82, 2.24) is 0 Å². The van der Waals surface area contributed by atoms with Crippen LogP contribution in [-0.2, 0) is 14.3 Å². The van der Waals surface area contributed by atoms with Crippen LogP contribution in [0.3, 0.4) is 0 Å². The molecular formula is C16H22O4. The van der Waals surface area contributed by atoms with Crippen LogP contribution in [0.25, 0.3) is 0 Å². The normalized spacial score (nSPS) is 12.0. The van der Waals surface area contributed by atoms with Crippen LogP contribution in [0.5, 0.6) is 0 Å². The van der Waals surface area contributed by atoms with E-state index >= 15 is 0 Å². The van der Waals surface area contributed by atoms with Crippen molar-refractivity contribution in [2.24, 2.45) is 5.92 Å². The van der Waals surface area contributed by atoms with Gasteiger partial charge in [0, 0.05) is 0 Å². The Kier molecular flexibility index (Phi) is 6.77. The molecule has 110 valence electrons. The van der Waals surface area contributed by atoms with E-state index in [1.165, 1.54) is 0 Å². The summed E-state index contributed by atoms with van der Waals surface area (Å²) in [7, 11) is 0. The molecule has 0 aliphatic heterocycles. The summed E-state index contributed by atoms with van der Waals surface area (Å²) in [5.74, 6) is -0.405. The Morgan fingerprint density at radius 2 is 1.80 bits per heavy atom. The minimum Gasteiger partial charge on any atom is -0.466 e. The van der Waals surface area contributed by atoms with Crippen LogP contribution in [0.15, 0.2) is 30.3 Å². The van der Waals surface area contributed by atoms with E-state index in [0.29, 0.717) is 24.5 Å². The van der Waals surface area contributed by atoms with Gasteiger partial charge in [0.15, 0.2) is 0 Å². The predicted octanol–water partition coefficient (Wildman–Crippen LogP) is 3.21. The van der Waals surface area contributed by atoms with Gasteiger partial charge in [0.25, 0.3) is 0 Å². The molecular weight excluding hydrogens is 256 g/mol. The van der Waals surface area contributed by atoms with Crippen LogP contribution in [0.1, 0.15) is 44.0 Å². The Labute approximate surface area is 120 Å². The third-order valence-electron chi connectivity index (χ3n) is 2.72. The van der Waals surface area contributed by atoms with Crippen molar-refractivity contribution in [2.45, 2.75) is 39.7 Å². The fourth-order valence-corrected chi connectivity index (χ4v) is 1.90. The summed E-state index contributed by atoms with van der Waals surface area (Å²) in [5.41, 5.74) is 0.491. The summed E-state index contributed by atoms with van der Waals surface area (Å²) in [4.78, 5) is 23.5. The zero-order chi connectivity index (χ0) is 15.0. The van der Waals surface area contributed by atoms with Crippen LogP contribution in [0, 0.1) is 5.92 Å². The summed E-state index contributed by atoms with van der Waals surface area (Å²) in [6.45, 7) is 6.13. The number of rotatable bonds is 7. The van der Waals surface area contributed by atoms with Gasteiger partial charge in [0.1, 0.15) is 6.10 Å². The lowest BCUT2D eigenvalue weighted by atomic mass is 10.0. The van der Waals surface area contributed by atoms with Crippen LogP contribution < -0.4 is 0 Å². The molecule has 0 aliphatic carbocycles. The molecule has 0 aliphatic rings. The molecule has 1 aromatic carbocycles. The average Bonchev–Trinajstić information content (AvgIpc) is 2.39. The number of hydrogen-bond acceptors (Lipinski definition) is 4. The first-order valence-corrected chi connectivity index (χ1v) is 6.94. The van der Waals surface area contributed by atoms with Crippen molar-refractivity contribution in [3.8, 4) is 0 Å². The molecule has 0 amide bonds. The van der Waals surface area contributed by atoms with Gasteiger partial charge in [0.2, 0.25) is 0 Å². The van der Waals surface area contributed by atoms with Crippen LogP contribution in [0.4, 0.5) is 0 Å². The number of hydrogen-bond donors (Lipinski definition) is 0. The smallest absolute Gasteiger partial charge is 0.338 e. The van der Waals surface area contributed by atoms with Gasteiger partial charge in [0.05, 0.1) is 18.6 Å². The Morgan fingerprint density at radius 3 is 2.35 bits per heavy atom. The molecule has 1 unspecified atom stereocenters. The minimum absolute atomic E-state index is 0.102. The zero-order valence-electron chi connectivity index (χ0n) is 12.3. The molecule has 0 aromatic heterocycles. The summed E-state index contributed by atoms with van der Waals surface area (Å²) >= 11 is 0. The summed E-state index contributed by atoms with van der Waals surface area (Å²) in [6, 6.07) is 8.78. The standard InChI is InChI=1S/C16H22O4/c1-4-19-15(17)11-14(10-12(2)3)20-16(18)13-8-6-5-7-9-13/h5-9,12,14H,4,10-11H2,1-3H3. The highest BCUT2D eigenvalue weighted by Gasteiger charge is 2.21. The largest absolute Gasteiger partial charge is 0.466 e. The molecule has 0 heterocycles. The van der Waals surface area contributed by atoms with E-state index in [1.54, 1.807) is 31.2 Å². The third-order valence-corrected chi connectivity index (χ3v) is 2.72. The van der Waals surface area contributed by atoms with Crippen molar-refractivity contribution >= 4 is 11.9 Å². The Hall–Kier alpha value is -1.84. The quantitative estimate of drug-likeness (QED) is 0.719. The first-order valence-electron chi connectivity index (χ1n) is 6.94.